The van der Waals surface area contributed by atoms with Crippen molar-refractivity contribution in [1.82, 2.24) is 15.6 Å². The fourth-order valence-electron chi connectivity index (χ4n) is 2.00. The zero-order chi connectivity index (χ0) is 17.4. The molecule has 0 aliphatic heterocycles. The van der Waals surface area contributed by atoms with E-state index in [4.69, 9.17) is 0 Å². The lowest BCUT2D eigenvalue weighted by Gasteiger charge is -2.07. The zero-order valence-electron chi connectivity index (χ0n) is 12.9. The number of halogens is 2. The molecule has 2 aromatic rings. The molecule has 0 aliphatic carbocycles. The summed E-state index contributed by atoms with van der Waals surface area (Å²) < 4.78 is 26.2. The van der Waals surface area contributed by atoms with Crippen LogP contribution in [0, 0.1) is 11.6 Å². The lowest BCUT2D eigenvalue weighted by molar-refractivity contribution is -0.121. The number of nitrogens with zero attached hydrogens (tertiary/aromatic N) is 1. The summed E-state index contributed by atoms with van der Waals surface area (Å²) in [5.74, 6) is -2.46. The van der Waals surface area contributed by atoms with Gasteiger partial charge in [-0.05, 0) is 30.7 Å². The van der Waals surface area contributed by atoms with Gasteiger partial charge in [0.1, 0.15) is 11.6 Å². The van der Waals surface area contributed by atoms with Gasteiger partial charge in [-0.15, -0.1) is 0 Å². The molecule has 2 amide bonds. The quantitative estimate of drug-likeness (QED) is 0.763. The van der Waals surface area contributed by atoms with Crippen LogP contribution in [-0.4, -0.2) is 23.3 Å². The number of aromatic nitrogens is 1. The van der Waals surface area contributed by atoms with E-state index in [1.807, 2.05) is 6.07 Å². The van der Waals surface area contributed by atoms with E-state index in [1.165, 1.54) is 0 Å². The first kappa shape index (κ1) is 17.5. The van der Waals surface area contributed by atoms with Gasteiger partial charge in [0.25, 0.3) is 5.91 Å². The van der Waals surface area contributed by atoms with E-state index >= 15 is 0 Å². The summed E-state index contributed by atoms with van der Waals surface area (Å²) >= 11 is 0. The van der Waals surface area contributed by atoms with Gasteiger partial charge in [0.2, 0.25) is 5.91 Å². The lowest BCUT2D eigenvalue weighted by atomic mass is 10.2. The monoisotopic (exact) mass is 333 g/mol. The van der Waals surface area contributed by atoms with Crippen molar-refractivity contribution in [2.45, 2.75) is 19.4 Å². The molecule has 0 bridgehead atoms. The largest absolute Gasteiger partial charge is 0.352 e. The Labute approximate surface area is 138 Å². The third-order valence-electron chi connectivity index (χ3n) is 3.23. The molecule has 0 radical (unpaired) electrons. The van der Waals surface area contributed by atoms with E-state index in [9.17, 15) is 18.4 Å². The van der Waals surface area contributed by atoms with Gasteiger partial charge in [-0.2, -0.15) is 0 Å². The smallest absolute Gasteiger partial charge is 0.254 e. The summed E-state index contributed by atoms with van der Waals surface area (Å²) in [5, 5.41) is 5.21. The molecule has 0 saturated heterocycles. The molecular weight excluding hydrogens is 316 g/mol. The Bertz CT molecular complexity index is 708. The maximum atomic E-state index is 13.4. The van der Waals surface area contributed by atoms with E-state index in [0.717, 1.165) is 17.8 Å². The molecule has 0 fully saturated rings. The van der Waals surface area contributed by atoms with Crippen LogP contribution in [0.1, 0.15) is 28.9 Å². The minimum absolute atomic E-state index is 0.164. The molecule has 0 spiro atoms. The van der Waals surface area contributed by atoms with Crippen LogP contribution < -0.4 is 10.6 Å². The third kappa shape index (κ3) is 5.42. The number of hydrogen-bond donors (Lipinski definition) is 2. The molecule has 1 aromatic carbocycles. The first-order valence-corrected chi connectivity index (χ1v) is 7.46. The van der Waals surface area contributed by atoms with Crippen molar-refractivity contribution in [2.75, 3.05) is 6.54 Å². The highest BCUT2D eigenvalue weighted by Gasteiger charge is 2.12. The second-order valence-electron chi connectivity index (χ2n) is 5.08. The topological polar surface area (TPSA) is 71.1 Å². The van der Waals surface area contributed by atoms with Gasteiger partial charge in [0.15, 0.2) is 0 Å². The summed E-state index contributed by atoms with van der Waals surface area (Å²) in [7, 11) is 0. The van der Waals surface area contributed by atoms with E-state index in [1.54, 1.807) is 18.3 Å². The Balaban J connectivity index is 1.67. The molecule has 7 heteroatoms. The summed E-state index contributed by atoms with van der Waals surface area (Å²) in [6.07, 6.45) is 2.27. The summed E-state index contributed by atoms with van der Waals surface area (Å²) in [4.78, 5) is 27.5. The fraction of sp³-hybridized carbons (Fsp3) is 0.235. The Hall–Kier alpha value is -2.83. The van der Waals surface area contributed by atoms with E-state index < -0.39 is 17.5 Å². The molecule has 24 heavy (non-hydrogen) atoms. The predicted molar refractivity (Wildman–Crippen MR) is 84.0 cm³/mol. The van der Waals surface area contributed by atoms with Gasteiger partial charge in [0, 0.05) is 25.2 Å². The maximum Gasteiger partial charge on any atom is 0.254 e. The van der Waals surface area contributed by atoms with Gasteiger partial charge in [0.05, 0.1) is 17.8 Å². The van der Waals surface area contributed by atoms with Crippen LogP contribution in [0.15, 0.2) is 42.6 Å². The molecule has 2 N–H and O–H groups in total. The van der Waals surface area contributed by atoms with Crippen LogP contribution in [0.25, 0.3) is 0 Å². The summed E-state index contributed by atoms with van der Waals surface area (Å²) in [6, 6.07) is 8.18. The number of carbonyl (C=O) groups is 2. The van der Waals surface area contributed by atoms with Crippen molar-refractivity contribution in [1.29, 1.82) is 0 Å². The van der Waals surface area contributed by atoms with Gasteiger partial charge < -0.3 is 10.6 Å². The Morgan fingerprint density at radius 1 is 1.08 bits per heavy atom. The van der Waals surface area contributed by atoms with Crippen molar-refractivity contribution in [3.05, 3.63) is 65.5 Å². The van der Waals surface area contributed by atoms with Crippen LogP contribution in [0.2, 0.25) is 0 Å². The molecule has 0 unspecified atom stereocenters. The van der Waals surface area contributed by atoms with Crippen LogP contribution in [0.4, 0.5) is 8.78 Å². The van der Waals surface area contributed by atoms with Crippen LogP contribution in [0.3, 0.4) is 0 Å². The Morgan fingerprint density at radius 2 is 1.92 bits per heavy atom. The summed E-state index contributed by atoms with van der Waals surface area (Å²) in [5.41, 5.74) is 0.530. The number of benzene rings is 1. The van der Waals surface area contributed by atoms with Gasteiger partial charge in [-0.3, -0.25) is 14.6 Å². The average molecular weight is 333 g/mol. The molecule has 1 heterocycles. The Kier molecular flexibility index (Phi) is 6.36. The van der Waals surface area contributed by atoms with Gasteiger partial charge in [-0.25, -0.2) is 8.78 Å². The van der Waals surface area contributed by atoms with Gasteiger partial charge >= 0.3 is 0 Å². The number of pyridine rings is 1. The van der Waals surface area contributed by atoms with Crippen LogP contribution in [-0.2, 0) is 11.3 Å². The van der Waals surface area contributed by atoms with E-state index in [0.29, 0.717) is 19.0 Å². The van der Waals surface area contributed by atoms with Crippen molar-refractivity contribution in [3.63, 3.8) is 0 Å². The third-order valence-corrected chi connectivity index (χ3v) is 3.23. The molecule has 0 atom stereocenters. The standard InChI is InChI=1S/C17H17F2N3O2/c18-12-6-7-14(15(19)10-12)17(24)21-9-3-5-16(23)22-11-13-4-1-2-8-20-13/h1-2,4,6-8,10H,3,5,9,11H2,(H,21,24)(H,22,23). The number of hydrogen-bond acceptors (Lipinski definition) is 3. The van der Waals surface area contributed by atoms with Crippen LogP contribution in [0.5, 0.6) is 0 Å². The number of nitrogens with one attached hydrogen (secondary N) is 2. The first-order chi connectivity index (χ1) is 11.6. The van der Waals surface area contributed by atoms with Crippen molar-refractivity contribution in [2.24, 2.45) is 0 Å². The second kappa shape index (κ2) is 8.71. The van der Waals surface area contributed by atoms with Crippen LogP contribution >= 0.6 is 0 Å². The molecule has 126 valence electrons. The average Bonchev–Trinajstić information content (AvgIpc) is 2.57. The lowest BCUT2D eigenvalue weighted by Crippen LogP contribution is -2.28. The Morgan fingerprint density at radius 3 is 2.62 bits per heavy atom. The minimum atomic E-state index is -0.916. The zero-order valence-corrected chi connectivity index (χ0v) is 12.9. The molecule has 0 aliphatic rings. The molecule has 2 rings (SSSR count). The van der Waals surface area contributed by atoms with Crippen molar-refractivity contribution >= 4 is 11.8 Å². The number of amides is 2. The maximum absolute atomic E-state index is 13.4. The highest BCUT2D eigenvalue weighted by molar-refractivity contribution is 5.94. The predicted octanol–water partition coefficient (Wildman–Crippen LogP) is 2.19. The van der Waals surface area contributed by atoms with Crippen molar-refractivity contribution in [3.8, 4) is 0 Å². The molecule has 5 nitrogen and oxygen atoms in total. The first-order valence-electron chi connectivity index (χ1n) is 7.46. The molecule has 0 saturated carbocycles. The highest BCUT2D eigenvalue weighted by Crippen LogP contribution is 2.09. The fourth-order valence-corrected chi connectivity index (χ4v) is 2.00. The molecular formula is C17H17F2N3O2. The van der Waals surface area contributed by atoms with Crippen molar-refractivity contribution < 1.29 is 18.4 Å². The highest BCUT2D eigenvalue weighted by atomic mass is 19.1. The van der Waals surface area contributed by atoms with Gasteiger partial charge in [-0.1, -0.05) is 6.07 Å². The number of rotatable bonds is 7. The summed E-state index contributed by atoms with van der Waals surface area (Å²) in [6.45, 7) is 0.555. The van der Waals surface area contributed by atoms with E-state index in [-0.39, 0.29) is 24.4 Å². The number of carbonyl (C=O) groups excluding carboxylic acids is 2. The normalized spacial score (nSPS) is 10.2. The second-order valence-corrected chi connectivity index (χ2v) is 5.08. The SMILES string of the molecule is O=C(CCCNC(=O)c1ccc(F)cc1F)NCc1ccccn1. The minimum Gasteiger partial charge on any atom is -0.352 e. The molecule has 1 aromatic heterocycles. The van der Waals surface area contributed by atoms with E-state index in [2.05, 4.69) is 15.6 Å².